The van der Waals surface area contributed by atoms with Gasteiger partial charge in [-0.2, -0.15) is 0 Å². The molecule has 0 radical (unpaired) electrons. The number of alkyl halides is 1. The van der Waals surface area contributed by atoms with Gasteiger partial charge in [0.1, 0.15) is 5.82 Å². The lowest BCUT2D eigenvalue weighted by Gasteiger charge is -2.40. The van der Waals surface area contributed by atoms with Crippen molar-refractivity contribution in [1.29, 1.82) is 0 Å². The number of hydrogen-bond donors (Lipinski definition) is 0. The molecule has 1 aliphatic carbocycles. The van der Waals surface area contributed by atoms with Crippen LogP contribution >= 0.6 is 23.2 Å². The Morgan fingerprint density at radius 2 is 2.14 bits per heavy atom. The molecule has 2 nitrogen and oxygen atoms in total. The van der Waals surface area contributed by atoms with Crippen LogP contribution in [-0.2, 0) is 6.42 Å². The number of hydrogen-bond acceptors (Lipinski definition) is 1. The summed E-state index contributed by atoms with van der Waals surface area (Å²) in [6, 6.07) is 6.52. The Morgan fingerprint density at radius 3 is 2.86 bits per heavy atom. The highest BCUT2D eigenvalue weighted by Gasteiger charge is 2.35. The summed E-state index contributed by atoms with van der Waals surface area (Å²) in [4.78, 5) is 4.80. The number of rotatable bonds is 3. The fourth-order valence-corrected chi connectivity index (χ4v) is 4.02. The van der Waals surface area contributed by atoms with Crippen molar-refractivity contribution in [3.63, 3.8) is 0 Å². The van der Waals surface area contributed by atoms with Crippen LogP contribution in [0.5, 0.6) is 0 Å². The molecule has 0 aliphatic heterocycles. The standard InChI is InChI=1S/C17H22Cl2N2/c1-17(2)9-4-3-5-15(17)21-14-7-6-12(19)11-13(14)20-16(21)8-10-18/h6-7,11,15H,3-5,8-10H2,1-2H3. The summed E-state index contributed by atoms with van der Waals surface area (Å²) in [5.74, 6) is 1.70. The molecule has 0 bridgehead atoms. The molecule has 1 aromatic carbocycles. The molecule has 1 aliphatic rings. The predicted octanol–water partition coefficient (Wildman–Crippen LogP) is 5.61. The van der Waals surface area contributed by atoms with Crippen molar-refractivity contribution in [1.82, 2.24) is 9.55 Å². The van der Waals surface area contributed by atoms with Crippen LogP contribution in [0.1, 0.15) is 51.4 Å². The smallest absolute Gasteiger partial charge is 0.111 e. The molecule has 0 saturated heterocycles. The van der Waals surface area contributed by atoms with E-state index in [1.807, 2.05) is 12.1 Å². The maximum absolute atomic E-state index is 6.12. The van der Waals surface area contributed by atoms with Crippen LogP contribution in [0.2, 0.25) is 5.02 Å². The Labute approximate surface area is 136 Å². The molecule has 1 atom stereocenters. The largest absolute Gasteiger partial charge is 0.324 e. The highest BCUT2D eigenvalue weighted by molar-refractivity contribution is 6.31. The minimum atomic E-state index is 0.298. The second kappa shape index (κ2) is 5.81. The first kappa shape index (κ1) is 15.2. The Bertz CT molecular complexity index is 646. The number of benzene rings is 1. The highest BCUT2D eigenvalue weighted by atomic mass is 35.5. The van der Waals surface area contributed by atoms with Gasteiger partial charge in [-0.1, -0.05) is 38.3 Å². The minimum absolute atomic E-state index is 0.298. The number of imidazole rings is 1. The van der Waals surface area contributed by atoms with Gasteiger partial charge < -0.3 is 4.57 Å². The Kier molecular flexibility index (Phi) is 4.20. The van der Waals surface area contributed by atoms with Crippen LogP contribution in [0.25, 0.3) is 11.0 Å². The zero-order valence-corrected chi connectivity index (χ0v) is 14.2. The van der Waals surface area contributed by atoms with E-state index < -0.39 is 0 Å². The summed E-state index contributed by atoms with van der Waals surface area (Å²) >= 11 is 12.1. The second-order valence-electron chi connectivity index (χ2n) is 6.72. The third kappa shape index (κ3) is 2.80. The number of halogens is 2. The van der Waals surface area contributed by atoms with Crippen molar-refractivity contribution in [2.24, 2.45) is 5.41 Å². The van der Waals surface area contributed by atoms with E-state index in [9.17, 15) is 0 Å². The summed E-state index contributed by atoms with van der Waals surface area (Å²) in [6.45, 7) is 4.76. The van der Waals surface area contributed by atoms with Gasteiger partial charge in [0.15, 0.2) is 0 Å². The summed E-state index contributed by atoms with van der Waals surface area (Å²) in [5.41, 5.74) is 2.48. The number of aromatic nitrogens is 2. The van der Waals surface area contributed by atoms with Crippen molar-refractivity contribution in [2.75, 3.05) is 5.88 Å². The second-order valence-corrected chi connectivity index (χ2v) is 7.53. The molecule has 3 rings (SSSR count). The molecule has 0 amide bonds. The van der Waals surface area contributed by atoms with E-state index in [0.717, 1.165) is 22.8 Å². The lowest BCUT2D eigenvalue weighted by atomic mass is 9.73. The Morgan fingerprint density at radius 1 is 1.33 bits per heavy atom. The van der Waals surface area contributed by atoms with Crippen molar-refractivity contribution >= 4 is 34.2 Å². The topological polar surface area (TPSA) is 17.8 Å². The molecule has 21 heavy (non-hydrogen) atoms. The lowest BCUT2D eigenvalue weighted by molar-refractivity contribution is 0.145. The van der Waals surface area contributed by atoms with E-state index in [-0.39, 0.29) is 0 Å². The molecule has 1 fully saturated rings. The molecule has 2 aromatic rings. The van der Waals surface area contributed by atoms with Gasteiger partial charge in [0.05, 0.1) is 11.0 Å². The first-order chi connectivity index (χ1) is 10.0. The van der Waals surface area contributed by atoms with Gasteiger partial charge in [-0.15, -0.1) is 11.6 Å². The fraction of sp³-hybridized carbons (Fsp3) is 0.588. The van der Waals surface area contributed by atoms with Crippen LogP contribution in [-0.4, -0.2) is 15.4 Å². The van der Waals surface area contributed by atoms with Crippen molar-refractivity contribution in [3.05, 3.63) is 29.0 Å². The summed E-state index contributed by atoms with van der Waals surface area (Å²) < 4.78 is 2.44. The van der Waals surface area contributed by atoms with Crippen molar-refractivity contribution in [2.45, 2.75) is 52.0 Å². The van der Waals surface area contributed by atoms with Gasteiger partial charge in [-0.05, 0) is 36.5 Å². The Balaban J connectivity index is 2.16. The number of fused-ring (bicyclic) bond motifs is 1. The third-order valence-corrected chi connectivity index (χ3v) is 5.23. The van der Waals surface area contributed by atoms with Crippen LogP contribution in [0.15, 0.2) is 18.2 Å². The Hall–Kier alpha value is -0.730. The van der Waals surface area contributed by atoms with Crippen LogP contribution in [0, 0.1) is 5.41 Å². The zero-order valence-electron chi connectivity index (χ0n) is 12.7. The monoisotopic (exact) mass is 324 g/mol. The first-order valence-corrected chi connectivity index (χ1v) is 8.66. The van der Waals surface area contributed by atoms with Crippen LogP contribution < -0.4 is 0 Å². The van der Waals surface area contributed by atoms with E-state index in [2.05, 4.69) is 24.5 Å². The molecule has 1 saturated carbocycles. The molecule has 4 heteroatoms. The summed E-state index contributed by atoms with van der Waals surface area (Å²) in [6.07, 6.45) is 5.91. The summed E-state index contributed by atoms with van der Waals surface area (Å²) in [5, 5.41) is 0.743. The maximum Gasteiger partial charge on any atom is 0.111 e. The maximum atomic E-state index is 6.12. The van der Waals surface area contributed by atoms with E-state index in [1.54, 1.807) is 0 Å². The quantitative estimate of drug-likeness (QED) is 0.670. The summed E-state index contributed by atoms with van der Waals surface area (Å²) in [7, 11) is 0. The third-order valence-electron chi connectivity index (χ3n) is 4.81. The molecule has 0 spiro atoms. The fourth-order valence-electron chi connectivity index (χ4n) is 3.68. The van der Waals surface area contributed by atoms with Gasteiger partial charge in [0.2, 0.25) is 0 Å². The molecular weight excluding hydrogens is 303 g/mol. The minimum Gasteiger partial charge on any atom is -0.324 e. The normalized spacial score (nSPS) is 21.8. The molecule has 0 N–H and O–H groups in total. The van der Waals surface area contributed by atoms with E-state index in [0.29, 0.717) is 17.3 Å². The van der Waals surface area contributed by atoms with Gasteiger partial charge in [0, 0.05) is 23.4 Å². The number of aryl methyl sites for hydroxylation is 1. The van der Waals surface area contributed by atoms with Gasteiger partial charge in [-0.25, -0.2) is 4.98 Å². The van der Waals surface area contributed by atoms with Crippen molar-refractivity contribution in [3.8, 4) is 0 Å². The molecular formula is C17H22Cl2N2. The van der Waals surface area contributed by atoms with E-state index in [4.69, 9.17) is 28.2 Å². The van der Waals surface area contributed by atoms with Gasteiger partial charge >= 0.3 is 0 Å². The lowest BCUT2D eigenvalue weighted by Crippen LogP contribution is -2.31. The number of nitrogens with zero attached hydrogens (tertiary/aromatic N) is 2. The van der Waals surface area contributed by atoms with E-state index >= 15 is 0 Å². The average molecular weight is 325 g/mol. The first-order valence-electron chi connectivity index (χ1n) is 7.75. The van der Waals surface area contributed by atoms with Gasteiger partial charge in [0.25, 0.3) is 0 Å². The molecule has 1 heterocycles. The molecule has 1 aromatic heterocycles. The van der Waals surface area contributed by atoms with Crippen LogP contribution in [0.3, 0.4) is 0 Å². The highest BCUT2D eigenvalue weighted by Crippen LogP contribution is 2.45. The predicted molar refractivity (Wildman–Crippen MR) is 90.5 cm³/mol. The van der Waals surface area contributed by atoms with Gasteiger partial charge in [-0.3, -0.25) is 0 Å². The van der Waals surface area contributed by atoms with Crippen LogP contribution in [0.4, 0.5) is 0 Å². The average Bonchev–Trinajstić information content (AvgIpc) is 2.76. The molecule has 1 unspecified atom stereocenters. The van der Waals surface area contributed by atoms with Crippen molar-refractivity contribution < 1.29 is 0 Å². The van der Waals surface area contributed by atoms with E-state index in [1.165, 1.54) is 31.2 Å². The molecule has 114 valence electrons. The SMILES string of the molecule is CC1(C)CCCCC1n1c(CCCl)nc2cc(Cl)ccc21. The zero-order chi connectivity index (χ0) is 15.0.